The van der Waals surface area contributed by atoms with Gasteiger partial charge in [-0.1, -0.05) is 29.8 Å². The molecule has 9 nitrogen and oxygen atoms in total. The van der Waals surface area contributed by atoms with E-state index in [9.17, 15) is 14.4 Å². The third kappa shape index (κ3) is 6.54. The van der Waals surface area contributed by atoms with Gasteiger partial charge in [0.15, 0.2) is 0 Å². The molecule has 2 N–H and O–H groups in total. The van der Waals surface area contributed by atoms with Gasteiger partial charge in [-0.2, -0.15) is 0 Å². The van der Waals surface area contributed by atoms with E-state index in [1.807, 2.05) is 56.9 Å². The van der Waals surface area contributed by atoms with Crippen molar-refractivity contribution in [1.29, 1.82) is 0 Å². The summed E-state index contributed by atoms with van der Waals surface area (Å²) in [4.78, 5) is 44.5. The van der Waals surface area contributed by atoms with Gasteiger partial charge in [-0.3, -0.25) is 9.80 Å². The van der Waals surface area contributed by atoms with Crippen LogP contribution in [-0.4, -0.2) is 84.6 Å². The normalized spacial score (nSPS) is 19.5. The van der Waals surface area contributed by atoms with E-state index in [4.69, 9.17) is 4.74 Å². The van der Waals surface area contributed by atoms with Gasteiger partial charge in [0.2, 0.25) is 0 Å². The molecule has 1 saturated heterocycles. The van der Waals surface area contributed by atoms with Crippen LogP contribution in [0.4, 0.5) is 9.59 Å². The quantitative estimate of drug-likeness (QED) is 0.579. The number of nitrogens with one attached hydrogen (secondary N) is 2. The number of aryl methyl sites for hydroxylation is 1. The topological polar surface area (TPSA) is 94.2 Å². The van der Waals surface area contributed by atoms with E-state index in [-0.39, 0.29) is 24.7 Å². The van der Waals surface area contributed by atoms with Gasteiger partial charge in [0.25, 0.3) is 0 Å². The van der Waals surface area contributed by atoms with Crippen LogP contribution in [0, 0.1) is 6.92 Å². The molecular weight excluding hydrogens is 446 g/mol. The number of esters is 1. The molecule has 0 radical (unpaired) electrons. The molecule has 1 aromatic carbocycles. The lowest BCUT2D eigenvalue weighted by atomic mass is 9.93. The van der Waals surface area contributed by atoms with Crippen molar-refractivity contribution < 1.29 is 19.1 Å². The minimum absolute atomic E-state index is 0.0556. The lowest BCUT2D eigenvalue weighted by Gasteiger charge is -2.38. The van der Waals surface area contributed by atoms with Crippen LogP contribution in [0.3, 0.4) is 0 Å². The molecule has 1 aromatic rings. The van der Waals surface area contributed by atoms with Crippen LogP contribution < -0.4 is 10.6 Å². The predicted molar refractivity (Wildman–Crippen MR) is 135 cm³/mol. The predicted octanol–water partition coefficient (Wildman–Crippen LogP) is 3.02. The maximum atomic E-state index is 13.2. The lowest BCUT2D eigenvalue weighted by molar-refractivity contribution is -0.139. The van der Waals surface area contributed by atoms with Crippen molar-refractivity contribution >= 4 is 18.0 Å². The first kappa shape index (κ1) is 26.5. The fourth-order valence-corrected chi connectivity index (χ4v) is 4.55. The Morgan fingerprint density at radius 2 is 1.83 bits per heavy atom. The summed E-state index contributed by atoms with van der Waals surface area (Å²) in [7, 11) is 0. The number of hydrogen-bond acceptors (Lipinski definition) is 5. The second kappa shape index (κ2) is 12.1. The Morgan fingerprint density at radius 1 is 1.11 bits per heavy atom. The lowest BCUT2D eigenvalue weighted by Crippen LogP contribution is -2.51. The molecule has 4 amide bonds. The maximum Gasteiger partial charge on any atom is 0.338 e. The number of benzene rings is 1. The maximum absolute atomic E-state index is 13.2. The number of hydrogen-bond donors (Lipinski definition) is 2. The first-order valence-electron chi connectivity index (χ1n) is 12.6. The molecule has 1 fully saturated rings. The number of carbonyl (C=O) groups is 3. The van der Waals surface area contributed by atoms with Crippen molar-refractivity contribution in [2.75, 3.05) is 45.9 Å². The molecule has 192 valence electrons. The molecule has 0 spiro atoms. The van der Waals surface area contributed by atoms with Crippen molar-refractivity contribution in [2.45, 2.75) is 53.1 Å². The highest BCUT2D eigenvalue weighted by atomic mass is 16.5. The molecule has 0 aromatic heterocycles. The Hall–Kier alpha value is -3.07. The van der Waals surface area contributed by atoms with Crippen LogP contribution in [0.25, 0.3) is 0 Å². The summed E-state index contributed by atoms with van der Waals surface area (Å²) in [6, 6.07) is 7.04. The minimum atomic E-state index is -0.583. The van der Waals surface area contributed by atoms with Crippen molar-refractivity contribution in [3.05, 3.63) is 46.7 Å². The third-order valence-corrected chi connectivity index (χ3v) is 6.32. The molecule has 3 rings (SSSR count). The smallest absolute Gasteiger partial charge is 0.338 e. The monoisotopic (exact) mass is 485 g/mol. The molecule has 0 aliphatic carbocycles. The second-order valence-electron chi connectivity index (χ2n) is 9.34. The summed E-state index contributed by atoms with van der Waals surface area (Å²) in [6.45, 7) is 13.4. The summed E-state index contributed by atoms with van der Waals surface area (Å²) in [5.74, 6) is -0.417. The molecule has 1 unspecified atom stereocenters. The average molecular weight is 486 g/mol. The first-order chi connectivity index (χ1) is 16.7. The molecule has 0 saturated carbocycles. The van der Waals surface area contributed by atoms with Crippen molar-refractivity contribution in [2.24, 2.45) is 0 Å². The Kier molecular flexibility index (Phi) is 9.14. The number of nitrogens with zero attached hydrogens (tertiary/aromatic N) is 3. The van der Waals surface area contributed by atoms with Crippen molar-refractivity contribution in [3.8, 4) is 0 Å². The summed E-state index contributed by atoms with van der Waals surface area (Å²) >= 11 is 0. The van der Waals surface area contributed by atoms with Crippen LogP contribution in [0.2, 0.25) is 0 Å². The van der Waals surface area contributed by atoms with E-state index >= 15 is 0 Å². The highest BCUT2D eigenvalue weighted by Crippen LogP contribution is 2.32. The average Bonchev–Trinajstić information content (AvgIpc) is 3.05. The first-order valence-corrected chi connectivity index (χ1v) is 12.6. The zero-order chi connectivity index (χ0) is 25.5. The van der Waals surface area contributed by atoms with Crippen LogP contribution in [0.15, 0.2) is 35.5 Å². The fourth-order valence-electron chi connectivity index (χ4n) is 4.55. The second-order valence-corrected chi connectivity index (χ2v) is 9.34. The Balaban J connectivity index is 1.92. The summed E-state index contributed by atoms with van der Waals surface area (Å²) in [5.41, 5.74) is 3.08. The van der Waals surface area contributed by atoms with Crippen LogP contribution in [0.5, 0.6) is 0 Å². The zero-order valence-electron chi connectivity index (χ0n) is 21.6. The molecule has 9 heteroatoms. The number of likely N-dealkylation sites (N-methyl/N-ethyl adjacent to an activating group) is 1. The van der Waals surface area contributed by atoms with E-state index in [1.165, 1.54) is 0 Å². The van der Waals surface area contributed by atoms with Crippen LogP contribution >= 0.6 is 0 Å². The minimum Gasteiger partial charge on any atom is -0.463 e. The number of rotatable bonds is 7. The van der Waals surface area contributed by atoms with E-state index in [1.54, 1.807) is 11.8 Å². The van der Waals surface area contributed by atoms with E-state index < -0.39 is 12.0 Å². The van der Waals surface area contributed by atoms with Gasteiger partial charge in [0, 0.05) is 51.0 Å². The SMILES string of the molecule is CCOC(=O)C1=C(CN2CCCN(C(=O)NC(C)C)CC2)N(CC)C(=O)NC1c1ccc(C)cc1. The molecular formula is C26H39N5O4. The molecule has 2 aliphatic rings. The Morgan fingerprint density at radius 3 is 2.46 bits per heavy atom. The molecule has 0 bridgehead atoms. The standard InChI is InChI=1S/C26H39N5O4/c1-6-31-21(17-29-13-8-14-30(16-15-29)25(33)27-18(3)4)22(24(32)35-7-2)23(28-26(31)34)20-11-9-19(5)10-12-20/h9-12,18,23H,6-8,13-17H2,1-5H3,(H,27,33)(H,28,34). The van der Waals surface area contributed by atoms with Crippen LogP contribution in [0.1, 0.15) is 51.3 Å². The van der Waals surface area contributed by atoms with Gasteiger partial charge in [0.05, 0.1) is 18.2 Å². The van der Waals surface area contributed by atoms with Crippen molar-refractivity contribution in [3.63, 3.8) is 0 Å². The number of ether oxygens (including phenoxy) is 1. The van der Waals surface area contributed by atoms with Crippen molar-refractivity contribution in [1.82, 2.24) is 25.3 Å². The van der Waals surface area contributed by atoms with Gasteiger partial charge in [-0.25, -0.2) is 14.4 Å². The van der Waals surface area contributed by atoms with Gasteiger partial charge in [-0.15, -0.1) is 0 Å². The molecule has 2 aliphatic heterocycles. The van der Waals surface area contributed by atoms with E-state index in [0.29, 0.717) is 44.0 Å². The van der Waals surface area contributed by atoms with Gasteiger partial charge in [-0.05, 0) is 46.6 Å². The molecule has 35 heavy (non-hydrogen) atoms. The van der Waals surface area contributed by atoms with E-state index in [2.05, 4.69) is 15.5 Å². The fraction of sp³-hybridized carbons (Fsp3) is 0.577. The molecule has 2 heterocycles. The number of urea groups is 2. The summed E-state index contributed by atoms with van der Waals surface area (Å²) in [5, 5.41) is 5.97. The number of amides is 4. The third-order valence-electron chi connectivity index (χ3n) is 6.32. The summed E-state index contributed by atoms with van der Waals surface area (Å²) in [6.07, 6.45) is 0.813. The summed E-state index contributed by atoms with van der Waals surface area (Å²) < 4.78 is 5.46. The Labute approximate surface area is 208 Å². The van der Waals surface area contributed by atoms with E-state index in [0.717, 1.165) is 24.1 Å². The largest absolute Gasteiger partial charge is 0.463 e. The number of carbonyl (C=O) groups excluding carboxylic acids is 3. The highest BCUT2D eigenvalue weighted by molar-refractivity contribution is 5.95. The zero-order valence-corrected chi connectivity index (χ0v) is 21.6. The van der Waals surface area contributed by atoms with Gasteiger partial charge >= 0.3 is 18.0 Å². The Bertz CT molecular complexity index is 944. The highest BCUT2D eigenvalue weighted by Gasteiger charge is 2.38. The van der Waals surface area contributed by atoms with Crippen LogP contribution in [-0.2, 0) is 9.53 Å². The van der Waals surface area contributed by atoms with Gasteiger partial charge < -0.3 is 20.3 Å². The molecule has 1 atom stereocenters. The van der Waals surface area contributed by atoms with Gasteiger partial charge in [0.1, 0.15) is 0 Å².